The van der Waals surface area contributed by atoms with Gasteiger partial charge in [0.15, 0.2) is 0 Å². The van der Waals surface area contributed by atoms with E-state index in [0.29, 0.717) is 19.4 Å². The lowest BCUT2D eigenvalue weighted by Gasteiger charge is -2.28. The van der Waals surface area contributed by atoms with E-state index in [2.05, 4.69) is 0 Å². The Morgan fingerprint density at radius 1 is 1.19 bits per heavy atom. The number of para-hydroxylation sites is 2. The third-order valence-electron chi connectivity index (χ3n) is 4.20. The van der Waals surface area contributed by atoms with Crippen LogP contribution in [0.3, 0.4) is 0 Å². The van der Waals surface area contributed by atoms with E-state index in [4.69, 9.17) is 0 Å². The summed E-state index contributed by atoms with van der Waals surface area (Å²) in [5.41, 5.74) is -0.561. The molecule has 26 heavy (non-hydrogen) atoms. The Labute approximate surface area is 148 Å². The summed E-state index contributed by atoms with van der Waals surface area (Å²) in [5, 5.41) is 11.2. The van der Waals surface area contributed by atoms with Crippen molar-refractivity contribution in [3.8, 4) is 0 Å². The summed E-state index contributed by atoms with van der Waals surface area (Å²) in [7, 11) is 0. The Hall–Kier alpha value is -3.29. The molecule has 0 radical (unpaired) electrons. The van der Waals surface area contributed by atoms with Gasteiger partial charge in [0.25, 0.3) is 11.6 Å². The second-order valence-electron chi connectivity index (χ2n) is 5.86. The van der Waals surface area contributed by atoms with Gasteiger partial charge in [0, 0.05) is 19.0 Å². The van der Waals surface area contributed by atoms with Crippen LogP contribution in [-0.2, 0) is 4.79 Å². The van der Waals surface area contributed by atoms with Crippen molar-refractivity contribution >= 4 is 23.2 Å². The third-order valence-corrected chi connectivity index (χ3v) is 4.20. The van der Waals surface area contributed by atoms with E-state index in [0.717, 1.165) is 4.90 Å². The molecule has 0 unspecified atom stereocenters. The molecule has 0 bridgehead atoms. The SMILES string of the molecule is O=C1CCCN1CN(C(=O)c1ccccc1[N+](=O)[O-])c1ccccc1F. The molecule has 2 aromatic rings. The number of halogens is 1. The number of nitro benzene ring substituents is 1. The van der Waals surface area contributed by atoms with Gasteiger partial charge in [0.1, 0.15) is 18.0 Å². The second-order valence-corrected chi connectivity index (χ2v) is 5.86. The van der Waals surface area contributed by atoms with Crippen LogP contribution in [0, 0.1) is 15.9 Å². The number of rotatable bonds is 5. The largest absolute Gasteiger partial charge is 0.324 e. The molecule has 1 aliphatic heterocycles. The molecule has 8 heteroatoms. The van der Waals surface area contributed by atoms with Crippen LogP contribution >= 0.6 is 0 Å². The molecule has 3 rings (SSSR count). The van der Waals surface area contributed by atoms with Gasteiger partial charge in [-0.2, -0.15) is 0 Å². The highest BCUT2D eigenvalue weighted by Gasteiger charge is 2.30. The number of anilines is 1. The zero-order valence-corrected chi connectivity index (χ0v) is 13.8. The topological polar surface area (TPSA) is 83.8 Å². The van der Waals surface area contributed by atoms with Crippen LogP contribution in [0.4, 0.5) is 15.8 Å². The first kappa shape index (κ1) is 17.5. The average molecular weight is 357 g/mol. The maximum absolute atomic E-state index is 14.3. The number of hydrogen-bond acceptors (Lipinski definition) is 4. The lowest BCUT2D eigenvalue weighted by molar-refractivity contribution is -0.385. The van der Waals surface area contributed by atoms with Crippen molar-refractivity contribution in [2.75, 3.05) is 18.1 Å². The number of hydrogen-bond donors (Lipinski definition) is 0. The van der Waals surface area contributed by atoms with E-state index >= 15 is 0 Å². The van der Waals surface area contributed by atoms with Crippen LogP contribution in [0.15, 0.2) is 48.5 Å². The highest BCUT2D eigenvalue weighted by Crippen LogP contribution is 2.26. The lowest BCUT2D eigenvalue weighted by Crippen LogP contribution is -2.43. The number of nitro groups is 1. The van der Waals surface area contributed by atoms with Crippen LogP contribution in [0.1, 0.15) is 23.2 Å². The fourth-order valence-electron chi connectivity index (χ4n) is 2.90. The minimum atomic E-state index is -0.734. The Kier molecular flexibility index (Phi) is 4.92. The first-order chi connectivity index (χ1) is 12.5. The number of amides is 2. The van der Waals surface area contributed by atoms with E-state index in [1.165, 1.54) is 47.4 Å². The van der Waals surface area contributed by atoms with Crippen LogP contribution in [0.25, 0.3) is 0 Å². The van der Waals surface area contributed by atoms with Gasteiger partial charge in [0.05, 0.1) is 10.6 Å². The summed E-state index contributed by atoms with van der Waals surface area (Å²) in [6.07, 6.45) is 1.02. The molecule has 0 N–H and O–H groups in total. The molecule has 7 nitrogen and oxygen atoms in total. The van der Waals surface area contributed by atoms with Gasteiger partial charge in [0.2, 0.25) is 5.91 Å². The van der Waals surface area contributed by atoms with Crippen LogP contribution in [-0.4, -0.2) is 34.9 Å². The first-order valence-electron chi connectivity index (χ1n) is 8.06. The molecule has 1 fully saturated rings. The molecule has 2 amide bonds. The molecule has 2 aromatic carbocycles. The van der Waals surface area contributed by atoms with Crippen LogP contribution < -0.4 is 4.90 Å². The minimum absolute atomic E-state index is 0.0321. The van der Waals surface area contributed by atoms with Crippen molar-refractivity contribution in [3.05, 3.63) is 70.0 Å². The van der Waals surface area contributed by atoms with Crippen molar-refractivity contribution in [3.63, 3.8) is 0 Å². The van der Waals surface area contributed by atoms with Gasteiger partial charge >= 0.3 is 0 Å². The lowest BCUT2D eigenvalue weighted by atomic mass is 10.1. The van der Waals surface area contributed by atoms with Crippen LogP contribution in [0.2, 0.25) is 0 Å². The Balaban J connectivity index is 2.03. The molecule has 1 saturated heterocycles. The van der Waals surface area contributed by atoms with Crippen molar-refractivity contribution in [2.24, 2.45) is 0 Å². The molecule has 0 aromatic heterocycles. The van der Waals surface area contributed by atoms with Crippen molar-refractivity contribution in [1.29, 1.82) is 0 Å². The monoisotopic (exact) mass is 357 g/mol. The number of carbonyl (C=O) groups is 2. The van der Waals surface area contributed by atoms with Gasteiger partial charge in [-0.1, -0.05) is 24.3 Å². The van der Waals surface area contributed by atoms with E-state index in [9.17, 15) is 24.1 Å². The quantitative estimate of drug-likeness (QED) is 0.608. The van der Waals surface area contributed by atoms with Gasteiger partial charge in [-0.25, -0.2) is 4.39 Å². The average Bonchev–Trinajstić information content (AvgIpc) is 3.04. The third kappa shape index (κ3) is 3.39. The second kappa shape index (κ2) is 7.30. The Morgan fingerprint density at radius 2 is 1.88 bits per heavy atom. The summed E-state index contributed by atoms with van der Waals surface area (Å²) >= 11 is 0. The highest BCUT2D eigenvalue weighted by molar-refractivity contribution is 6.08. The molecule has 1 heterocycles. The van der Waals surface area contributed by atoms with Crippen molar-refractivity contribution in [2.45, 2.75) is 12.8 Å². The zero-order valence-electron chi connectivity index (χ0n) is 13.8. The fourth-order valence-corrected chi connectivity index (χ4v) is 2.90. The summed E-state index contributed by atoms with van der Waals surface area (Å²) in [6, 6.07) is 11.1. The van der Waals surface area contributed by atoms with E-state index in [-0.39, 0.29) is 29.5 Å². The number of nitrogens with zero attached hydrogens (tertiary/aromatic N) is 3. The Bertz CT molecular complexity index is 871. The predicted octanol–water partition coefficient (Wildman–Crippen LogP) is 2.96. The number of carbonyl (C=O) groups excluding carboxylic acids is 2. The standard InChI is InChI=1S/C18H16FN3O4/c19-14-7-2-4-9-16(14)21(12-20-11-5-10-17(20)23)18(24)13-6-1-3-8-15(13)22(25)26/h1-4,6-9H,5,10-12H2. The van der Waals surface area contributed by atoms with Gasteiger partial charge < -0.3 is 4.90 Å². The highest BCUT2D eigenvalue weighted by atomic mass is 19.1. The smallest absolute Gasteiger partial charge is 0.282 e. The molecule has 0 aliphatic carbocycles. The Morgan fingerprint density at radius 3 is 2.54 bits per heavy atom. The van der Waals surface area contributed by atoms with Crippen LogP contribution in [0.5, 0.6) is 0 Å². The van der Waals surface area contributed by atoms with E-state index < -0.39 is 16.6 Å². The maximum Gasteiger partial charge on any atom is 0.282 e. The molecule has 0 atom stereocenters. The summed E-state index contributed by atoms with van der Waals surface area (Å²) < 4.78 is 14.3. The normalized spacial score (nSPS) is 13.7. The molecule has 0 spiro atoms. The van der Waals surface area contributed by atoms with E-state index in [1.807, 2.05) is 0 Å². The predicted molar refractivity (Wildman–Crippen MR) is 92.1 cm³/mol. The summed E-state index contributed by atoms with van der Waals surface area (Å²) in [6.45, 7) is 0.290. The molecular weight excluding hydrogens is 341 g/mol. The van der Waals surface area contributed by atoms with Crippen molar-refractivity contribution < 1.29 is 18.9 Å². The van der Waals surface area contributed by atoms with Gasteiger partial charge in [-0.15, -0.1) is 0 Å². The molecule has 1 aliphatic rings. The number of benzene rings is 2. The summed E-state index contributed by atoms with van der Waals surface area (Å²) in [5.74, 6) is -1.52. The molecular formula is C18H16FN3O4. The van der Waals surface area contributed by atoms with Gasteiger partial charge in [-0.3, -0.25) is 24.6 Å². The zero-order chi connectivity index (χ0) is 18.7. The molecule has 134 valence electrons. The minimum Gasteiger partial charge on any atom is -0.324 e. The first-order valence-corrected chi connectivity index (χ1v) is 8.06. The van der Waals surface area contributed by atoms with Gasteiger partial charge in [-0.05, 0) is 24.6 Å². The van der Waals surface area contributed by atoms with E-state index in [1.54, 1.807) is 6.07 Å². The maximum atomic E-state index is 14.3. The number of likely N-dealkylation sites (tertiary alicyclic amines) is 1. The van der Waals surface area contributed by atoms with Crippen molar-refractivity contribution in [1.82, 2.24) is 4.90 Å². The molecule has 0 saturated carbocycles. The fraction of sp³-hybridized carbons (Fsp3) is 0.222. The summed E-state index contributed by atoms with van der Waals surface area (Å²) in [4.78, 5) is 38.1.